The van der Waals surface area contributed by atoms with Crippen LogP contribution in [0.2, 0.25) is 0 Å². The molecule has 1 aliphatic carbocycles. The molecule has 0 aromatic rings. The van der Waals surface area contributed by atoms with Gasteiger partial charge in [-0.1, -0.05) is 0 Å². The number of carbonyl (C=O) groups excluding carboxylic acids is 1. The van der Waals surface area contributed by atoms with Gasteiger partial charge in [-0.3, -0.25) is 4.79 Å². The first-order valence-corrected chi connectivity index (χ1v) is 5.32. The maximum atomic E-state index is 11.3. The molecule has 2 rings (SSSR count). The van der Waals surface area contributed by atoms with Crippen molar-refractivity contribution in [1.82, 2.24) is 0 Å². The summed E-state index contributed by atoms with van der Waals surface area (Å²) in [5.41, 5.74) is 0. The molecule has 0 aromatic carbocycles. The lowest BCUT2D eigenvalue weighted by Crippen LogP contribution is -2.28. The number of halogens is 1. The molecule has 1 heterocycles. The second kappa shape index (κ2) is 3.03. The average molecular weight is 294 g/mol. The molecule has 0 aromatic heterocycles. The van der Waals surface area contributed by atoms with Crippen molar-refractivity contribution in [2.45, 2.75) is 38.3 Å². The molecule has 0 bridgehead atoms. The monoisotopic (exact) mass is 294 g/mol. The van der Waals surface area contributed by atoms with E-state index in [4.69, 9.17) is 9.47 Å². The fourth-order valence-corrected chi connectivity index (χ4v) is 2.25. The molecule has 0 saturated carbocycles. The fourth-order valence-electron chi connectivity index (χ4n) is 1.68. The van der Waals surface area contributed by atoms with E-state index in [0.717, 1.165) is 3.58 Å². The zero-order valence-electron chi connectivity index (χ0n) is 7.54. The summed E-state index contributed by atoms with van der Waals surface area (Å²) in [5, 5.41) is 0. The van der Waals surface area contributed by atoms with Gasteiger partial charge in [0, 0.05) is 6.42 Å². The second-order valence-electron chi connectivity index (χ2n) is 3.78. The summed E-state index contributed by atoms with van der Waals surface area (Å²) >= 11 is 2.05. The fraction of sp³-hybridized carbons (Fsp3) is 0.667. The Kier molecular flexibility index (Phi) is 2.24. The van der Waals surface area contributed by atoms with E-state index >= 15 is 0 Å². The largest absolute Gasteiger partial charge is 0.344 e. The minimum Gasteiger partial charge on any atom is -0.344 e. The lowest BCUT2D eigenvalue weighted by Gasteiger charge is -2.17. The molecule has 1 fully saturated rings. The predicted molar refractivity (Wildman–Crippen MR) is 55.6 cm³/mol. The molecule has 0 amide bonds. The van der Waals surface area contributed by atoms with Crippen LogP contribution in [0.1, 0.15) is 20.3 Å². The van der Waals surface area contributed by atoms with E-state index < -0.39 is 5.79 Å². The van der Waals surface area contributed by atoms with E-state index in [2.05, 4.69) is 0 Å². The van der Waals surface area contributed by atoms with Gasteiger partial charge in [-0.05, 0) is 42.5 Å². The highest BCUT2D eigenvalue weighted by Crippen LogP contribution is 2.35. The molecule has 72 valence electrons. The lowest BCUT2D eigenvalue weighted by molar-refractivity contribution is -0.144. The Morgan fingerprint density at radius 3 is 2.92 bits per heavy atom. The molecule has 13 heavy (non-hydrogen) atoms. The molecule has 0 radical (unpaired) electrons. The van der Waals surface area contributed by atoms with Crippen LogP contribution >= 0.6 is 22.6 Å². The van der Waals surface area contributed by atoms with Crippen molar-refractivity contribution in [2.75, 3.05) is 0 Å². The van der Waals surface area contributed by atoms with Gasteiger partial charge in [0.25, 0.3) is 0 Å². The van der Waals surface area contributed by atoms with Crippen LogP contribution in [0.25, 0.3) is 0 Å². The van der Waals surface area contributed by atoms with E-state index in [1.165, 1.54) is 0 Å². The Balaban J connectivity index is 2.22. The number of rotatable bonds is 0. The number of carbonyl (C=O) groups is 1. The zero-order valence-corrected chi connectivity index (χ0v) is 9.70. The lowest BCUT2D eigenvalue weighted by atomic mass is 10.0. The number of fused-ring (bicyclic) bond motifs is 1. The van der Waals surface area contributed by atoms with Gasteiger partial charge < -0.3 is 9.47 Å². The number of hydrogen-bond acceptors (Lipinski definition) is 3. The summed E-state index contributed by atoms with van der Waals surface area (Å²) in [6.45, 7) is 3.74. The molecule has 1 aliphatic heterocycles. The van der Waals surface area contributed by atoms with Gasteiger partial charge in [-0.25, -0.2) is 0 Å². The second-order valence-corrected chi connectivity index (χ2v) is 4.94. The van der Waals surface area contributed by atoms with Crippen LogP contribution in [0.5, 0.6) is 0 Å². The van der Waals surface area contributed by atoms with Gasteiger partial charge in [0.05, 0.1) is 9.68 Å². The highest BCUT2D eigenvalue weighted by Gasteiger charge is 2.43. The SMILES string of the molecule is CC1(C)O[C@H]2C=C(I)C(=O)C[C@H]2O1. The molecule has 2 aliphatic rings. The standard InChI is InChI=1S/C9H11IO3/c1-9(2)12-7-3-5(10)6(11)4-8(7)13-9/h3,7-8H,4H2,1-2H3/t7-,8+/m0/s1. The van der Waals surface area contributed by atoms with E-state index in [0.29, 0.717) is 6.42 Å². The van der Waals surface area contributed by atoms with Gasteiger partial charge >= 0.3 is 0 Å². The number of ether oxygens (including phenoxy) is 2. The Hall–Kier alpha value is 0.0600. The third kappa shape index (κ3) is 1.80. The van der Waals surface area contributed by atoms with Crippen LogP contribution in [-0.4, -0.2) is 23.8 Å². The van der Waals surface area contributed by atoms with E-state index in [1.54, 1.807) is 0 Å². The van der Waals surface area contributed by atoms with Crippen LogP contribution in [-0.2, 0) is 14.3 Å². The molecular formula is C9H11IO3. The van der Waals surface area contributed by atoms with Crippen molar-refractivity contribution in [2.24, 2.45) is 0 Å². The van der Waals surface area contributed by atoms with Crippen LogP contribution in [0.4, 0.5) is 0 Å². The van der Waals surface area contributed by atoms with Crippen LogP contribution < -0.4 is 0 Å². The van der Waals surface area contributed by atoms with E-state index in [-0.39, 0.29) is 18.0 Å². The average Bonchev–Trinajstić information content (AvgIpc) is 2.24. The van der Waals surface area contributed by atoms with Crippen LogP contribution in [0.3, 0.4) is 0 Å². The van der Waals surface area contributed by atoms with Gasteiger partial charge in [-0.15, -0.1) is 0 Å². The molecule has 1 saturated heterocycles. The summed E-state index contributed by atoms with van der Waals surface area (Å²) in [5.74, 6) is -0.393. The quantitative estimate of drug-likeness (QED) is 0.639. The molecular weight excluding hydrogens is 283 g/mol. The minimum absolute atomic E-state index is 0.0420. The topological polar surface area (TPSA) is 35.5 Å². The predicted octanol–water partition coefficient (Wildman–Crippen LogP) is 1.80. The summed E-state index contributed by atoms with van der Waals surface area (Å²) < 4.78 is 12.0. The molecule has 2 atom stereocenters. The van der Waals surface area contributed by atoms with Crippen molar-refractivity contribution < 1.29 is 14.3 Å². The summed E-state index contributed by atoms with van der Waals surface area (Å²) in [6.07, 6.45) is 2.18. The molecule has 0 unspecified atom stereocenters. The van der Waals surface area contributed by atoms with E-state index in [9.17, 15) is 4.79 Å². The summed E-state index contributed by atoms with van der Waals surface area (Å²) in [7, 11) is 0. The van der Waals surface area contributed by atoms with Crippen molar-refractivity contribution in [3.8, 4) is 0 Å². The zero-order chi connectivity index (χ0) is 9.64. The highest BCUT2D eigenvalue weighted by molar-refractivity contribution is 14.1. The smallest absolute Gasteiger partial charge is 0.171 e. The molecule has 3 nitrogen and oxygen atoms in total. The summed E-state index contributed by atoms with van der Waals surface area (Å²) in [6, 6.07) is 0. The van der Waals surface area contributed by atoms with E-state index in [1.807, 2.05) is 42.5 Å². The molecule has 4 heteroatoms. The molecule has 0 N–H and O–H groups in total. The summed E-state index contributed by atoms with van der Waals surface area (Å²) in [4.78, 5) is 11.3. The Labute approximate surface area is 90.6 Å². The first-order chi connectivity index (χ1) is 5.98. The van der Waals surface area contributed by atoms with Gasteiger partial charge in [-0.2, -0.15) is 0 Å². The molecule has 0 spiro atoms. The highest BCUT2D eigenvalue weighted by atomic mass is 127. The maximum Gasteiger partial charge on any atom is 0.171 e. The number of ketones is 1. The van der Waals surface area contributed by atoms with Crippen molar-refractivity contribution in [1.29, 1.82) is 0 Å². The first-order valence-electron chi connectivity index (χ1n) is 4.24. The van der Waals surface area contributed by atoms with Crippen LogP contribution in [0, 0.1) is 0 Å². The van der Waals surface area contributed by atoms with Crippen molar-refractivity contribution in [3.05, 3.63) is 9.66 Å². The van der Waals surface area contributed by atoms with Crippen molar-refractivity contribution >= 4 is 28.4 Å². The van der Waals surface area contributed by atoms with Gasteiger partial charge in [0.1, 0.15) is 6.10 Å². The van der Waals surface area contributed by atoms with Gasteiger partial charge in [0.2, 0.25) is 0 Å². The number of allylic oxidation sites excluding steroid dienone is 1. The third-order valence-corrected chi connectivity index (χ3v) is 3.15. The first kappa shape index (κ1) is 9.61. The number of hydrogen-bond donors (Lipinski definition) is 0. The Morgan fingerprint density at radius 1 is 1.54 bits per heavy atom. The van der Waals surface area contributed by atoms with Crippen LogP contribution in [0.15, 0.2) is 9.66 Å². The normalized spacial score (nSPS) is 37.2. The Morgan fingerprint density at radius 2 is 2.23 bits per heavy atom. The van der Waals surface area contributed by atoms with Gasteiger partial charge in [0.15, 0.2) is 11.6 Å². The minimum atomic E-state index is -0.548. The third-order valence-electron chi connectivity index (χ3n) is 2.19. The Bertz CT molecular complexity index is 283. The maximum absolute atomic E-state index is 11.3. The number of Topliss-reactive ketones (excluding diaryl/α,β-unsaturated/α-hetero) is 1. The van der Waals surface area contributed by atoms with Crippen molar-refractivity contribution in [3.63, 3.8) is 0 Å².